The number of hydrogen-bond donors (Lipinski definition) is 2. The fourth-order valence-electron chi connectivity index (χ4n) is 2.02. The van der Waals surface area contributed by atoms with Crippen LogP contribution in [0.15, 0.2) is 47.3 Å². The average Bonchev–Trinajstić information content (AvgIpc) is 2.88. The normalized spacial score (nSPS) is 17.0. The first-order valence-electron chi connectivity index (χ1n) is 14.3. The van der Waals surface area contributed by atoms with Gasteiger partial charge in [0.05, 0.1) is 19.3 Å². The van der Waals surface area contributed by atoms with Crippen LogP contribution in [-0.2, 0) is 10.2 Å². The van der Waals surface area contributed by atoms with E-state index in [1.165, 1.54) is 6.92 Å². The summed E-state index contributed by atoms with van der Waals surface area (Å²) in [5.41, 5.74) is -1.38. The molecule has 0 aliphatic heterocycles. The van der Waals surface area contributed by atoms with Crippen LogP contribution in [0.2, 0.25) is 0 Å². The molecule has 0 saturated carbocycles. The summed E-state index contributed by atoms with van der Waals surface area (Å²) >= 11 is 2.94. The molecule has 3 rings (SSSR count). The summed E-state index contributed by atoms with van der Waals surface area (Å²) in [6.07, 6.45) is -1.56. The number of aromatic nitrogens is 4. The predicted octanol–water partition coefficient (Wildman–Crippen LogP) is 3.12. The van der Waals surface area contributed by atoms with E-state index in [-0.39, 0.29) is 16.6 Å². The van der Waals surface area contributed by atoms with Crippen molar-refractivity contribution in [2.24, 2.45) is 0 Å². The maximum atomic E-state index is 12.7. The van der Waals surface area contributed by atoms with E-state index in [0.29, 0.717) is 6.42 Å². The SMILES string of the molecule is [2H]c1nc(NS(=O)(=O)NCCC)c(-c2c([2H])c([2H])c(Br)c([2H])c2[2H])c(OC([2H])([2H])C([2H])([2H])Oc2nc([2H])c(C)c([2H])n2)n1. The predicted molar refractivity (Wildman–Crippen MR) is 124 cm³/mol. The van der Waals surface area contributed by atoms with Crippen LogP contribution in [0.4, 0.5) is 5.82 Å². The molecule has 0 atom stereocenters. The molecule has 2 aromatic heterocycles. The summed E-state index contributed by atoms with van der Waals surface area (Å²) in [7, 11) is -4.44. The number of ether oxygens (including phenoxy) is 2. The van der Waals surface area contributed by atoms with Gasteiger partial charge in [-0.15, -0.1) is 0 Å². The molecule has 2 heterocycles. The summed E-state index contributed by atoms with van der Waals surface area (Å²) in [6.45, 7) is -4.10. The van der Waals surface area contributed by atoms with Crippen molar-refractivity contribution < 1.29 is 33.0 Å². The Bertz CT molecular complexity index is 1630. The molecule has 12 heteroatoms. The van der Waals surface area contributed by atoms with Crippen molar-refractivity contribution in [3.63, 3.8) is 0 Å². The third kappa shape index (κ3) is 6.84. The first-order valence-corrected chi connectivity index (χ1v) is 11.1. The number of hydrogen-bond acceptors (Lipinski definition) is 8. The van der Waals surface area contributed by atoms with Gasteiger partial charge in [-0.3, -0.25) is 4.72 Å². The molecule has 3 aromatic rings. The van der Waals surface area contributed by atoms with Crippen LogP contribution in [0.3, 0.4) is 0 Å². The zero-order valence-electron chi connectivity index (χ0n) is 27.6. The molecular weight excluding hydrogens is 500 g/mol. The lowest BCUT2D eigenvalue weighted by Crippen LogP contribution is -2.31. The monoisotopic (exact) mass is 533 g/mol. The molecular formula is C20H23BrN6O4S. The van der Waals surface area contributed by atoms with Crippen LogP contribution in [0.25, 0.3) is 11.1 Å². The third-order valence-electron chi connectivity index (χ3n) is 3.35. The van der Waals surface area contributed by atoms with Gasteiger partial charge in [0.2, 0.25) is 5.88 Å². The Balaban J connectivity index is 2.25. The molecule has 10 nitrogen and oxygen atoms in total. The topological polar surface area (TPSA) is 128 Å². The molecule has 0 bridgehead atoms. The van der Waals surface area contributed by atoms with Crippen LogP contribution in [0, 0.1) is 6.92 Å². The number of benzene rings is 1. The second-order valence-corrected chi connectivity index (χ2v) is 8.10. The number of nitrogens with zero attached hydrogens (tertiary/aromatic N) is 4. The summed E-state index contributed by atoms with van der Waals surface area (Å²) in [6, 6.07) is -3.65. The van der Waals surface area contributed by atoms with Gasteiger partial charge in [-0.2, -0.15) is 13.1 Å². The van der Waals surface area contributed by atoms with Gasteiger partial charge in [-0.1, -0.05) is 34.9 Å². The molecule has 0 fully saturated rings. The summed E-state index contributed by atoms with van der Waals surface area (Å²) in [4.78, 5) is 14.5. The van der Waals surface area contributed by atoms with Crippen LogP contribution in [0.1, 0.15) is 34.0 Å². The van der Waals surface area contributed by atoms with E-state index in [1.807, 2.05) is 4.72 Å². The largest absolute Gasteiger partial charge is 0.473 e. The molecule has 0 saturated heterocycles. The molecule has 2 N–H and O–H groups in total. The van der Waals surface area contributed by atoms with Gasteiger partial charge in [-0.25, -0.2) is 19.9 Å². The quantitative estimate of drug-likeness (QED) is 0.384. The van der Waals surface area contributed by atoms with E-state index in [0.717, 1.165) is 0 Å². The van der Waals surface area contributed by atoms with Crippen LogP contribution in [-0.4, -0.2) is 48.0 Å². The lowest BCUT2D eigenvalue weighted by molar-refractivity contribution is 0.202. The van der Waals surface area contributed by atoms with Crippen molar-refractivity contribution in [1.82, 2.24) is 24.7 Å². The molecule has 0 aliphatic carbocycles. The highest BCUT2D eigenvalue weighted by molar-refractivity contribution is 9.10. The first-order chi connectivity index (χ1) is 19.7. The number of halogens is 1. The maximum absolute atomic E-state index is 12.7. The fraction of sp³-hybridized carbons (Fsp3) is 0.300. The highest BCUT2D eigenvalue weighted by Gasteiger charge is 2.19. The van der Waals surface area contributed by atoms with Gasteiger partial charge in [-0.05, 0) is 36.6 Å². The third-order valence-corrected chi connectivity index (χ3v) is 4.79. The van der Waals surface area contributed by atoms with Crippen molar-refractivity contribution in [3.05, 3.63) is 52.9 Å². The Kier molecular flexibility index (Phi) is 4.54. The van der Waals surface area contributed by atoms with E-state index in [1.54, 1.807) is 6.92 Å². The van der Waals surface area contributed by atoms with Gasteiger partial charge in [0, 0.05) is 23.4 Å². The molecule has 0 unspecified atom stereocenters. The molecule has 0 aliphatic rings. The zero-order chi connectivity index (χ0) is 32.7. The van der Waals surface area contributed by atoms with E-state index >= 15 is 0 Å². The van der Waals surface area contributed by atoms with Crippen molar-refractivity contribution >= 4 is 32.0 Å². The standard InChI is InChI=1S/C20H23BrN6O4S/c1-3-8-26-32(28,29)27-18-17(15-4-6-16(21)7-5-15)19(25-13-24-18)30-9-10-31-20-22-11-14(2)12-23-20/h4-7,11-13,26H,3,8-10H2,1-2H3,(H,24,25,27)/i4D,5D,6D,7D,9D2,10D2,11D,12D,13D. The maximum Gasteiger partial charge on any atom is 0.316 e. The van der Waals surface area contributed by atoms with Gasteiger partial charge in [0.25, 0.3) is 10.2 Å². The van der Waals surface area contributed by atoms with E-state index in [2.05, 4.69) is 40.6 Å². The van der Waals surface area contributed by atoms with Gasteiger partial charge in [0.1, 0.15) is 20.8 Å². The van der Waals surface area contributed by atoms with Crippen molar-refractivity contribution in [2.45, 2.75) is 20.3 Å². The van der Waals surface area contributed by atoms with E-state index in [4.69, 9.17) is 24.6 Å². The highest BCUT2D eigenvalue weighted by Crippen LogP contribution is 2.34. The van der Waals surface area contributed by atoms with Crippen molar-refractivity contribution in [2.75, 3.05) is 24.4 Å². The van der Waals surface area contributed by atoms with Crippen molar-refractivity contribution in [3.8, 4) is 23.0 Å². The molecule has 0 radical (unpaired) electrons. The number of anilines is 1. The summed E-state index contributed by atoms with van der Waals surface area (Å²) < 4.78 is 129. The Morgan fingerprint density at radius 3 is 2.47 bits per heavy atom. The number of rotatable bonds is 11. The van der Waals surface area contributed by atoms with Crippen LogP contribution < -0.4 is 18.9 Å². The van der Waals surface area contributed by atoms with Crippen LogP contribution >= 0.6 is 15.9 Å². The smallest absolute Gasteiger partial charge is 0.316 e. The first kappa shape index (κ1) is 13.0. The van der Waals surface area contributed by atoms with Gasteiger partial charge >= 0.3 is 6.01 Å². The lowest BCUT2D eigenvalue weighted by atomic mass is 10.1. The Labute approximate surface area is 210 Å². The number of nitrogens with one attached hydrogen (secondary N) is 2. The fourth-order valence-corrected chi connectivity index (χ4v) is 3.17. The van der Waals surface area contributed by atoms with Crippen LogP contribution in [0.5, 0.6) is 11.9 Å². The molecule has 1 aromatic carbocycles. The highest BCUT2D eigenvalue weighted by atomic mass is 79.9. The molecule has 170 valence electrons. The Morgan fingerprint density at radius 1 is 1.09 bits per heavy atom. The van der Waals surface area contributed by atoms with Gasteiger partial charge < -0.3 is 9.47 Å². The molecule has 0 amide bonds. The van der Waals surface area contributed by atoms with Gasteiger partial charge in [0.15, 0.2) is 5.82 Å². The zero-order valence-corrected chi connectivity index (χ0v) is 19.0. The second kappa shape index (κ2) is 11.2. The minimum atomic E-state index is -4.44. The minimum absolute atomic E-state index is 0.0342. The van der Waals surface area contributed by atoms with E-state index in [9.17, 15) is 8.42 Å². The Hall–Kier alpha value is -2.83. The average molecular weight is 534 g/mol. The Morgan fingerprint density at radius 2 is 1.78 bits per heavy atom. The second-order valence-electron chi connectivity index (χ2n) is 5.80. The summed E-state index contributed by atoms with van der Waals surface area (Å²) in [5, 5.41) is 0. The minimum Gasteiger partial charge on any atom is -0.473 e. The molecule has 32 heavy (non-hydrogen) atoms. The van der Waals surface area contributed by atoms with E-state index < -0.39 is 95.0 Å². The molecule has 0 spiro atoms. The van der Waals surface area contributed by atoms with Crippen molar-refractivity contribution in [1.29, 1.82) is 0 Å². The summed E-state index contributed by atoms with van der Waals surface area (Å²) in [5.74, 6) is -1.86. The lowest BCUT2D eigenvalue weighted by Gasteiger charge is -2.15.